The molecule has 0 bridgehead atoms. The first kappa shape index (κ1) is 22.8. The molecule has 2 atom stereocenters. The molecule has 0 saturated heterocycles. The SMILES string of the molecule is CCC(C)C(NC(=O)Nc1cccc(Cl)c1)C(=O)Nc1nnc(-c2ccc3c(c2)OCO3)s1. The van der Waals surface area contributed by atoms with Crippen LogP contribution in [0.15, 0.2) is 42.5 Å². The highest BCUT2D eigenvalue weighted by molar-refractivity contribution is 7.18. The second-order valence-electron chi connectivity index (χ2n) is 7.44. The molecule has 2 heterocycles. The van der Waals surface area contributed by atoms with E-state index in [0.29, 0.717) is 38.8 Å². The molecule has 11 heteroatoms. The van der Waals surface area contributed by atoms with Gasteiger partial charge in [-0.3, -0.25) is 10.1 Å². The van der Waals surface area contributed by atoms with E-state index in [2.05, 4.69) is 26.1 Å². The number of fused-ring (bicyclic) bond motifs is 1. The van der Waals surface area contributed by atoms with Crippen LogP contribution in [0.25, 0.3) is 10.6 Å². The molecule has 1 aliphatic heterocycles. The second-order valence-corrected chi connectivity index (χ2v) is 8.86. The summed E-state index contributed by atoms with van der Waals surface area (Å²) in [6.45, 7) is 4.03. The van der Waals surface area contributed by atoms with Crippen molar-refractivity contribution in [2.45, 2.75) is 26.3 Å². The smallest absolute Gasteiger partial charge is 0.319 e. The quantitative estimate of drug-likeness (QED) is 0.442. The van der Waals surface area contributed by atoms with E-state index in [0.717, 1.165) is 5.56 Å². The van der Waals surface area contributed by atoms with Gasteiger partial charge in [0.05, 0.1) is 0 Å². The maximum absolute atomic E-state index is 13.0. The van der Waals surface area contributed by atoms with Crippen molar-refractivity contribution in [1.29, 1.82) is 0 Å². The number of hydrogen-bond acceptors (Lipinski definition) is 7. The number of amides is 3. The molecule has 1 aliphatic rings. The zero-order valence-corrected chi connectivity index (χ0v) is 19.5. The van der Waals surface area contributed by atoms with Gasteiger partial charge in [0, 0.05) is 16.3 Å². The summed E-state index contributed by atoms with van der Waals surface area (Å²) in [7, 11) is 0. The molecule has 0 radical (unpaired) electrons. The van der Waals surface area contributed by atoms with Crippen molar-refractivity contribution < 1.29 is 19.1 Å². The molecular weight excluding hydrogens is 466 g/mol. The van der Waals surface area contributed by atoms with Gasteiger partial charge in [0.1, 0.15) is 11.0 Å². The molecule has 3 N–H and O–H groups in total. The summed E-state index contributed by atoms with van der Waals surface area (Å²) in [4.78, 5) is 25.5. The second kappa shape index (κ2) is 10.1. The Hall–Kier alpha value is -3.37. The predicted octanol–water partition coefficient (Wildman–Crippen LogP) is 4.76. The molecule has 33 heavy (non-hydrogen) atoms. The molecule has 2 unspecified atom stereocenters. The monoisotopic (exact) mass is 487 g/mol. The summed E-state index contributed by atoms with van der Waals surface area (Å²) in [5.41, 5.74) is 1.33. The van der Waals surface area contributed by atoms with Gasteiger partial charge >= 0.3 is 6.03 Å². The van der Waals surface area contributed by atoms with Gasteiger partial charge in [-0.15, -0.1) is 10.2 Å². The van der Waals surface area contributed by atoms with E-state index in [-0.39, 0.29) is 18.6 Å². The summed E-state index contributed by atoms with van der Waals surface area (Å²) >= 11 is 7.19. The van der Waals surface area contributed by atoms with Crippen LogP contribution in [0.5, 0.6) is 11.5 Å². The summed E-state index contributed by atoms with van der Waals surface area (Å²) in [5.74, 6) is 0.825. The first-order valence-electron chi connectivity index (χ1n) is 10.3. The third kappa shape index (κ3) is 5.52. The number of nitrogens with zero attached hydrogens (tertiary/aromatic N) is 2. The average Bonchev–Trinajstić information content (AvgIpc) is 3.45. The Kier molecular flexibility index (Phi) is 6.95. The normalized spacial score (nSPS) is 13.8. The van der Waals surface area contributed by atoms with Gasteiger partial charge in [-0.2, -0.15) is 0 Å². The summed E-state index contributed by atoms with van der Waals surface area (Å²) < 4.78 is 10.7. The minimum Gasteiger partial charge on any atom is -0.454 e. The number of ether oxygens (including phenoxy) is 2. The lowest BCUT2D eigenvalue weighted by Crippen LogP contribution is -2.49. The van der Waals surface area contributed by atoms with Crippen LogP contribution in [0.1, 0.15) is 20.3 Å². The number of urea groups is 1. The number of benzene rings is 2. The van der Waals surface area contributed by atoms with Crippen molar-refractivity contribution in [1.82, 2.24) is 15.5 Å². The average molecular weight is 488 g/mol. The van der Waals surface area contributed by atoms with Crippen LogP contribution in [0.3, 0.4) is 0 Å². The lowest BCUT2D eigenvalue weighted by atomic mass is 9.98. The van der Waals surface area contributed by atoms with Crippen molar-refractivity contribution in [3.63, 3.8) is 0 Å². The Morgan fingerprint density at radius 1 is 1.12 bits per heavy atom. The van der Waals surface area contributed by atoms with E-state index in [1.54, 1.807) is 30.3 Å². The lowest BCUT2D eigenvalue weighted by Gasteiger charge is -2.23. The number of anilines is 2. The molecule has 2 aromatic carbocycles. The number of halogens is 1. The highest BCUT2D eigenvalue weighted by atomic mass is 35.5. The number of nitrogens with one attached hydrogen (secondary N) is 3. The fraction of sp³-hybridized carbons (Fsp3) is 0.273. The van der Waals surface area contributed by atoms with Gasteiger partial charge in [-0.25, -0.2) is 4.79 Å². The van der Waals surface area contributed by atoms with Gasteiger partial charge in [0.2, 0.25) is 17.8 Å². The Balaban J connectivity index is 1.42. The molecule has 9 nitrogen and oxygen atoms in total. The molecule has 172 valence electrons. The Bertz CT molecular complexity index is 1170. The van der Waals surface area contributed by atoms with Gasteiger partial charge in [-0.05, 0) is 42.3 Å². The van der Waals surface area contributed by atoms with Gasteiger partial charge in [-0.1, -0.05) is 49.3 Å². The number of rotatable bonds is 7. The third-order valence-corrected chi connectivity index (χ3v) is 6.26. The maximum atomic E-state index is 13.0. The fourth-order valence-corrected chi connectivity index (χ4v) is 4.11. The standard InChI is InChI=1S/C22H22ClN5O4S/c1-3-12(2)18(25-21(30)24-15-6-4-5-14(23)10-15)19(29)26-22-28-27-20(33-22)13-7-8-16-17(9-13)32-11-31-16/h4-10,12,18H,3,11H2,1-2H3,(H2,24,25,30)(H,26,28,29). The number of carbonyl (C=O) groups is 2. The molecule has 0 saturated carbocycles. The fourth-order valence-electron chi connectivity index (χ4n) is 3.18. The van der Waals surface area contributed by atoms with E-state index >= 15 is 0 Å². The van der Waals surface area contributed by atoms with Gasteiger partial charge in [0.25, 0.3) is 0 Å². The highest BCUT2D eigenvalue weighted by Crippen LogP contribution is 2.37. The van der Waals surface area contributed by atoms with Crippen molar-refractivity contribution in [2.24, 2.45) is 5.92 Å². The zero-order valence-electron chi connectivity index (χ0n) is 17.9. The minimum atomic E-state index is -0.771. The van der Waals surface area contributed by atoms with Crippen LogP contribution in [-0.2, 0) is 4.79 Å². The van der Waals surface area contributed by atoms with Crippen LogP contribution in [0.2, 0.25) is 5.02 Å². The third-order valence-electron chi connectivity index (χ3n) is 5.14. The van der Waals surface area contributed by atoms with Crippen LogP contribution in [0.4, 0.5) is 15.6 Å². The Morgan fingerprint density at radius 2 is 1.94 bits per heavy atom. The molecule has 1 aromatic heterocycles. The minimum absolute atomic E-state index is 0.114. The molecule has 4 rings (SSSR count). The lowest BCUT2D eigenvalue weighted by molar-refractivity contribution is -0.119. The molecule has 3 amide bonds. The Morgan fingerprint density at radius 3 is 2.73 bits per heavy atom. The molecule has 3 aromatic rings. The maximum Gasteiger partial charge on any atom is 0.319 e. The summed E-state index contributed by atoms with van der Waals surface area (Å²) in [6, 6.07) is 11.0. The van der Waals surface area contributed by atoms with Crippen molar-refractivity contribution in [3.05, 3.63) is 47.5 Å². The Labute approximate surface area is 199 Å². The van der Waals surface area contributed by atoms with Gasteiger partial charge in [0.15, 0.2) is 11.5 Å². The van der Waals surface area contributed by atoms with Crippen molar-refractivity contribution >= 4 is 45.7 Å². The van der Waals surface area contributed by atoms with E-state index < -0.39 is 12.1 Å². The molecular formula is C22H22ClN5O4S. The first-order chi connectivity index (χ1) is 15.9. The van der Waals surface area contributed by atoms with E-state index in [4.69, 9.17) is 21.1 Å². The molecule has 0 aliphatic carbocycles. The summed E-state index contributed by atoms with van der Waals surface area (Å²) in [6.07, 6.45) is 0.689. The number of hydrogen-bond donors (Lipinski definition) is 3. The largest absolute Gasteiger partial charge is 0.454 e. The topological polar surface area (TPSA) is 114 Å². The van der Waals surface area contributed by atoms with E-state index in [1.165, 1.54) is 11.3 Å². The summed E-state index contributed by atoms with van der Waals surface area (Å²) in [5, 5.41) is 17.9. The molecule has 0 fully saturated rings. The molecule has 0 spiro atoms. The van der Waals surface area contributed by atoms with E-state index in [1.807, 2.05) is 26.0 Å². The van der Waals surface area contributed by atoms with Crippen molar-refractivity contribution in [3.8, 4) is 22.1 Å². The number of aromatic nitrogens is 2. The first-order valence-corrected chi connectivity index (χ1v) is 11.5. The van der Waals surface area contributed by atoms with Crippen LogP contribution in [0, 0.1) is 5.92 Å². The number of carbonyl (C=O) groups excluding carboxylic acids is 2. The highest BCUT2D eigenvalue weighted by Gasteiger charge is 2.27. The van der Waals surface area contributed by atoms with Gasteiger partial charge < -0.3 is 20.1 Å². The van der Waals surface area contributed by atoms with E-state index in [9.17, 15) is 9.59 Å². The van der Waals surface area contributed by atoms with Crippen LogP contribution in [-0.4, -0.2) is 35.0 Å². The predicted molar refractivity (Wildman–Crippen MR) is 127 cm³/mol. The zero-order chi connectivity index (χ0) is 23.4. The van der Waals surface area contributed by atoms with Crippen LogP contribution < -0.4 is 25.4 Å². The van der Waals surface area contributed by atoms with Crippen LogP contribution >= 0.6 is 22.9 Å². The van der Waals surface area contributed by atoms with Crippen molar-refractivity contribution in [2.75, 3.05) is 17.4 Å².